The average Bonchev–Trinajstić information content (AvgIpc) is 2.51. The molecule has 0 saturated heterocycles. The number of rotatable bonds is 2. The molecule has 12 heavy (non-hydrogen) atoms. The number of nitrogens with two attached hydrogens (primary N) is 1. The first kappa shape index (κ1) is 8.32. The van der Waals surface area contributed by atoms with Gasteiger partial charge in [0.05, 0.1) is 5.56 Å². The lowest BCUT2D eigenvalue weighted by atomic mass is 10.3. The lowest BCUT2D eigenvalue weighted by Crippen LogP contribution is -2.17. The molecule has 0 saturated carbocycles. The first-order valence-electron chi connectivity index (χ1n) is 3.25. The van der Waals surface area contributed by atoms with Crippen molar-refractivity contribution in [2.45, 2.75) is 0 Å². The molecular formula is C7H8N2O3. The Kier molecular flexibility index (Phi) is 2.14. The summed E-state index contributed by atoms with van der Waals surface area (Å²) in [5.41, 5.74) is 5.13. The van der Waals surface area contributed by atoms with Gasteiger partial charge in [-0.25, -0.2) is 0 Å². The smallest absolute Gasteiger partial charge is 0.286 e. The van der Waals surface area contributed by atoms with Crippen LogP contribution in [0.1, 0.15) is 20.9 Å². The molecule has 64 valence electrons. The van der Waals surface area contributed by atoms with Crippen molar-refractivity contribution >= 4 is 11.8 Å². The van der Waals surface area contributed by atoms with Gasteiger partial charge >= 0.3 is 0 Å². The van der Waals surface area contributed by atoms with Gasteiger partial charge in [-0.15, -0.1) is 0 Å². The van der Waals surface area contributed by atoms with Gasteiger partial charge in [-0.3, -0.25) is 9.59 Å². The minimum absolute atomic E-state index is 0.0753. The van der Waals surface area contributed by atoms with Crippen molar-refractivity contribution in [1.82, 2.24) is 5.32 Å². The van der Waals surface area contributed by atoms with E-state index in [0.29, 0.717) is 0 Å². The topological polar surface area (TPSA) is 85.3 Å². The molecule has 0 bridgehead atoms. The molecule has 5 nitrogen and oxygen atoms in total. The molecule has 0 radical (unpaired) electrons. The van der Waals surface area contributed by atoms with Crippen molar-refractivity contribution in [2.24, 2.45) is 5.73 Å². The Bertz CT molecular complexity index is 316. The SMILES string of the molecule is CNC(=O)c1cc(C(N)=O)co1. The summed E-state index contributed by atoms with van der Waals surface area (Å²) in [6.45, 7) is 0. The molecule has 1 heterocycles. The van der Waals surface area contributed by atoms with Gasteiger partial charge in [-0.2, -0.15) is 0 Å². The maximum atomic E-state index is 10.9. The third-order valence-electron chi connectivity index (χ3n) is 1.33. The minimum Gasteiger partial charge on any atom is -0.458 e. The highest BCUT2D eigenvalue weighted by Crippen LogP contribution is 2.06. The molecule has 0 fully saturated rings. The second kappa shape index (κ2) is 3.08. The minimum atomic E-state index is -0.617. The second-order valence-corrected chi connectivity index (χ2v) is 2.14. The van der Waals surface area contributed by atoms with Crippen LogP contribution < -0.4 is 11.1 Å². The molecule has 0 aliphatic carbocycles. The van der Waals surface area contributed by atoms with Gasteiger partial charge < -0.3 is 15.5 Å². The normalized spacial score (nSPS) is 9.42. The fourth-order valence-electron chi connectivity index (χ4n) is 0.708. The van der Waals surface area contributed by atoms with Gasteiger partial charge in [0.2, 0.25) is 0 Å². The van der Waals surface area contributed by atoms with Crippen molar-refractivity contribution in [3.63, 3.8) is 0 Å². The summed E-state index contributed by atoms with van der Waals surface area (Å²) in [7, 11) is 1.47. The molecule has 2 amide bonds. The predicted molar refractivity (Wildman–Crippen MR) is 40.6 cm³/mol. The third-order valence-corrected chi connectivity index (χ3v) is 1.33. The van der Waals surface area contributed by atoms with Crippen molar-refractivity contribution in [1.29, 1.82) is 0 Å². The number of nitrogens with one attached hydrogen (secondary N) is 1. The fraction of sp³-hybridized carbons (Fsp3) is 0.143. The molecule has 5 heteroatoms. The van der Waals surface area contributed by atoms with Gasteiger partial charge in [0.15, 0.2) is 5.76 Å². The highest BCUT2D eigenvalue weighted by Gasteiger charge is 2.11. The largest absolute Gasteiger partial charge is 0.458 e. The number of amides is 2. The van der Waals surface area contributed by atoms with Crippen LogP contribution in [0.25, 0.3) is 0 Å². The maximum absolute atomic E-state index is 10.9. The van der Waals surface area contributed by atoms with Crippen molar-refractivity contribution in [3.8, 4) is 0 Å². The number of primary amides is 1. The predicted octanol–water partition coefficient (Wildman–Crippen LogP) is -0.262. The van der Waals surface area contributed by atoms with Crippen LogP contribution in [0.3, 0.4) is 0 Å². The van der Waals surface area contributed by atoms with E-state index in [2.05, 4.69) is 5.32 Å². The van der Waals surface area contributed by atoms with Gasteiger partial charge in [0.25, 0.3) is 11.8 Å². The van der Waals surface area contributed by atoms with E-state index < -0.39 is 5.91 Å². The zero-order chi connectivity index (χ0) is 9.14. The quantitative estimate of drug-likeness (QED) is 0.637. The molecule has 0 unspecified atom stereocenters. The van der Waals surface area contributed by atoms with Crippen molar-refractivity contribution in [2.75, 3.05) is 7.05 Å². The Labute approximate surface area is 68.5 Å². The van der Waals surface area contributed by atoms with E-state index in [1.807, 2.05) is 0 Å². The van der Waals surface area contributed by atoms with E-state index >= 15 is 0 Å². The zero-order valence-electron chi connectivity index (χ0n) is 6.46. The molecule has 1 rings (SSSR count). The maximum Gasteiger partial charge on any atom is 0.286 e. The summed E-state index contributed by atoms with van der Waals surface area (Å²) in [6, 6.07) is 1.29. The van der Waals surface area contributed by atoms with E-state index in [9.17, 15) is 9.59 Å². The Hall–Kier alpha value is -1.78. The van der Waals surface area contributed by atoms with Gasteiger partial charge in [-0.1, -0.05) is 0 Å². The number of furan rings is 1. The zero-order valence-corrected chi connectivity index (χ0v) is 6.46. The highest BCUT2D eigenvalue weighted by molar-refractivity contribution is 5.97. The van der Waals surface area contributed by atoms with Crippen LogP contribution in [0.4, 0.5) is 0 Å². The first-order chi connectivity index (χ1) is 5.65. The number of hydrogen-bond donors (Lipinski definition) is 2. The summed E-state index contributed by atoms with van der Waals surface area (Å²) in [5, 5.41) is 2.35. The van der Waals surface area contributed by atoms with E-state index in [0.717, 1.165) is 6.26 Å². The molecule has 1 aromatic rings. The van der Waals surface area contributed by atoms with Crippen LogP contribution in [0, 0.1) is 0 Å². The monoisotopic (exact) mass is 168 g/mol. The Morgan fingerprint density at radius 1 is 1.58 bits per heavy atom. The van der Waals surface area contributed by atoms with Crippen LogP contribution in [0.2, 0.25) is 0 Å². The average molecular weight is 168 g/mol. The summed E-state index contributed by atoms with van der Waals surface area (Å²) in [5.74, 6) is -0.928. The number of hydrogen-bond acceptors (Lipinski definition) is 3. The van der Waals surface area contributed by atoms with E-state index in [1.54, 1.807) is 0 Å². The third kappa shape index (κ3) is 1.45. The molecular weight excluding hydrogens is 160 g/mol. The molecule has 0 aliphatic heterocycles. The lowest BCUT2D eigenvalue weighted by Gasteiger charge is -1.90. The van der Waals surface area contributed by atoms with Crippen LogP contribution in [0.5, 0.6) is 0 Å². The van der Waals surface area contributed by atoms with Crippen LogP contribution >= 0.6 is 0 Å². The van der Waals surface area contributed by atoms with E-state index in [4.69, 9.17) is 10.2 Å². The van der Waals surface area contributed by atoms with Gasteiger partial charge in [-0.05, 0) is 0 Å². The molecule has 0 aromatic carbocycles. The Morgan fingerprint density at radius 3 is 2.67 bits per heavy atom. The summed E-state index contributed by atoms with van der Waals surface area (Å²) in [6.07, 6.45) is 1.15. The number of carbonyl (C=O) groups excluding carboxylic acids is 2. The summed E-state index contributed by atoms with van der Waals surface area (Å²) >= 11 is 0. The standard InChI is InChI=1S/C7H8N2O3/c1-9-7(11)5-2-4(3-12-5)6(8)10/h2-3H,1H3,(H2,8,10)(H,9,11). The molecule has 3 N–H and O–H groups in total. The van der Waals surface area contributed by atoms with E-state index in [1.165, 1.54) is 13.1 Å². The fourth-order valence-corrected chi connectivity index (χ4v) is 0.708. The summed E-state index contributed by atoms with van der Waals surface area (Å²) < 4.78 is 4.77. The van der Waals surface area contributed by atoms with Crippen LogP contribution in [-0.4, -0.2) is 18.9 Å². The molecule has 1 aromatic heterocycles. The first-order valence-corrected chi connectivity index (χ1v) is 3.25. The van der Waals surface area contributed by atoms with Gasteiger partial charge in [0.1, 0.15) is 6.26 Å². The summed E-state index contributed by atoms with van der Waals surface area (Å²) in [4.78, 5) is 21.4. The van der Waals surface area contributed by atoms with E-state index in [-0.39, 0.29) is 17.2 Å². The molecule has 0 atom stereocenters. The highest BCUT2D eigenvalue weighted by atomic mass is 16.3. The second-order valence-electron chi connectivity index (χ2n) is 2.14. The van der Waals surface area contributed by atoms with Crippen LogP contribution in [0.15, 0.2) is 16.7 Å². The molecule has 0 aliphatic rings. The Morgan fingerprint density at radius 2 is 2.25 bits per heavy atom. The molecule has 0 spiro atoms. The van der Waals surface area contributed by atoms with Gasteiger partial charge in [0, 0.05) is 13.1 Å². The van der Waals surface area contributed by atoms with Crippen molar-refractivity contribution in [3.05, 3.63) is 23.7 Å². The lowest BCUT2D eigenvalue weighted by molar-refractivity contribution is 0.0934. The Balaban J connectivity index is 2.91. The number of carbonyl (C=O) groups is 2. The van der Waals surface area contributed by atoms with Crippen molar-refractivity contribution < 1.29 is 14.0 Å². The van der Waals surface area contributed by atoms with Crippen LogP contribution in [-0.2, 0) is 0 Å².